The first-order valence-electron chi connectivity index (χ1n) is 11.3. The second-order valence-electron chi connectivity index (χ2n) is 7.57. The number of carbonyl (C=O) groups excluding carboxylic acids is 2. The van der Waals surface area contributed by atoms with E-state index in [-0.39, 0.29) is 0 Å². The van der Waals surface area contributed by atoms with Crippen molar-refractivity contribution >= 4 is 23.7 Å². The summed E-state index contributed by atoms with van der Waals surface area (Å²) in [5.74, 6) is 0.166. The largest absolute Gasteiger partial charge is 0.497 e. The third-order valence-electron chi connectivity index (χ3n) is 5.15. The molecule has 188 valence electrons. The van der Waals surface area contributed by atoms with Gasteiger partial charge in [-0.1, -0.05) is 24.3 Å². The highest BCUT2D eigenvalue weighted by Crippen LogP contribution is 2.30. The number of hydrazone groups is 1. The molecule has 0 saturated carbocycles. The van der Waals surface area contributed by atoms with Gasteiger partial charge in [0.05, 0.1) is 32.7 Å². The Morgan fingerprint density at radius 3 is 2.39 bits per heavy atom. The first kappa shape index (κ1) is 26.1. The van der Waals surface area contributed by atoms with Crippen LogP contribution in [-0.4, -0.2) is 38.9 Å². The van der Waals surface area contributed by atoms with Crippen LogP contribution in [0.3, 0.4) is 0 Å². The predicted octanol–water partition coefficient (Wildman–Crippen LogP) is 4.08. The van der Waals surface area contributed by atoms with Crippen molar-refractivity contribution in [2.75, 3.05) is 26.1 Å². The molecule has 9 heteroatoms. The molecular formula is C27H29N3O6. The van der Waals surface area contributed by atoms with E-state index in [1.807, 2.05) is 38.1 Å². The van der Waals surface area contributed by atoms with E-state index in [0.717, 1.165) is 11.1 Å². The Morgan fingerprint density at radius 2 is 1.67 bits per heavy atom. The van der Waals surface area contributed by atoms with Crippen LogP contribution >= 0.6 is 0 Å². The molecule has 0 saturated heterocycles. The van der Waals surface area contributed by atoms with Crippen LogP contribution in [0, 0.1) is 6.92 Å². The minimum absolute atomic E-state index is 0.295. The van der Waals surface area contributed by atoms with Gasteiger partial charge in [0.2, 0.25) is 0 Å². The lowest BCUT2D eigenvalue weighted by molar-refractivity contribution is -0.136. The van der Waals surface area contributed by atoms with Crippen molar-refractivity contribution in [1.82, 2.24) is 5.43 Å². The summed E-state index contributed by atoms with van der Waals surface area (Å²) in [6.45, 7) is 4.76. The van der Waals surface area contributed by atoms with Crippen LogP contribution in [-0.2, 0) is 16.2 Å². The molecule has 2 N–H and O–H groups in total. The lowest BCUT2D eigenvalue weighted by Crippen LogP contribution is -2.32. The number of nitrogens with zero attached hydrogens (tertiary/aromatic N) is 1. The standard InChI is InChI=1S/C27H29N3O6/c1-5-35-25-14-19(10-12-24(25)36-17-20-9-7-6-8-18(20)2)16-28-30-27(32)26(31)29-22-15-21(33-3)11-13-23(22)34-4/h6-16H,5,17H2,1-4H3,(H,29,31)(H,30,32)/b28-16+. The lowest BCUT2D eigenvalue weighted by atomic mass is 10.1. The maximum atomic E-state index is 12.3. The highest BCUT2D eigenvalue weighted by molar-refractivity contribution is 6.39. The molecule has 0 unspecified atom stereocenters. The van der Waals surface area contributed by atoms with Crippen molar-refractivity contribution in [3.63, 3.8) is 0 Å². The van der Waals surface area contributed by atoms with E-state index in [1.165, 1.54) is 20.4 Å². The highest BCUT2D eigenvalue weighted by Gasteiger charge is 2.16. The Hall–Kier alpha value is -4.53. The van der Waals surface area contributed by atoms with Crippen LogP contribution in [0.1, 0.15) is 23.6 Å². The van der Waals surface area contributed by atoms with Crippen molar-refractivity contribution in [3.8, 4) is 23.0 Å². The normalized spacial score (nSPS) is 10.6. The first-order valence-corrected chi connectivity index (χ1v) is 11.3. The van der Waals surface area contributed by atoms with E-state index in [9.17, 15) is 9.59 Å². The van der Waals surface area contributed by atoms with Crippen LogP contribution in [0.5, 0.6) is 23.0 Å². The van der Waals surface area contributed by atoms with Crippen molar-refractivity contribution in [3.05, 3.63) is 77.4 Å². The zero-order valence-corrected chi connectivity index (χ0v) is 20.7. The van der Waals surface area contributed by atoms with Gasteiger partial charge in [-0.05, 0) is 60.9 Å². The van der Waals surface area contributed by atoms with Crippen LogP contribution in [0.15, 0.2) is 65.8 Å². The summed E-state index contributed by atoms with van der Waals surface area (Å²) in [6, 6.07) is 18.1. The average molecular weight is 492 g/mol. The third-order valence-corrected chi connectivity index (χ3v) is 5.15. The van der Waals surface area contributed by atoms with Gasteiger partial charge >= 0.3 is 11.8 Å². The second kappa shape index (κ2) is 12.8. The Bertz CT molecular complexity index is 1240. The molecule has 0 fully saturated rings. The Morgan fingerprint density at radius 1 is 0.889 bits per heavy atom. The number of anilines is 1. The molecule has 3 aromatic carbocycles. The number of hydrogen-bond donors (Lipinski definition) is 2. The first-order chi connectivity index (χ1) is 17.4. The maximum Gasteiger partial charge on any atom is 0.329 e. The number of carbonyl (C=O) groups is 2. The summed E-state index contributed by atoms with van der Waals surface area (Å²) in [7, 11) is 2.95. The molecule has 3 aromatic rings. The van der Waals surface area contributed by atoms with Gasteiger partial charge in [0.15, 0.2) is 11.5 Å². The van der Waals surface area contributed by atoms with E-state index in [1.54, 1.807) is 36.4 Å². The average Bonchev–Trinajstić information content (AvgIpc) is 2.89. The minimum Gasteiger partial charge on any atom is -0.497 e. The molecule has 0 aliphatic heterocycles. The van der Waals surface area contributed by atoms with E-state index in [4.69, 9.17) is 18.9 Å². The zero-order valence-electron chi connectivity index (χ0n) is 20.7. The fraction of sp³-hybridized carbons (Fsp3) is 0.222. The van der Waals surface area contributed by atoms with Gasteiger partial charge in [-0.3, -0.25) is 9.59 Å². The fourth-order valence-electron chi connectivity index (χ4n) is 3.23. The van der Waals surface area contributed by atoms with Gasteiger partial charge in [-0.25, -0.2) is 5.43 Å². The summed E-state index contributed by atoms with van der Waals surface area (Å²) in [5, 5.41) is 6.36. The number of ether oxygens (including phenoxy) is 4. The van der Waals surface area contributed by atoms with Gasteiger partial charge in [0.1, 0.15) is 18.1 Å². The van der Waals surface area contributed by atoms with Gasteiger partial charge in [0, 0.05) is 6.07 Å². The van der Waals surface area contributed by atoms with Gasteiger partial charge in [0.25, 0.3) is 0 Å². The summed E-state index contributed by atoms with van der Waals surface area (Å²) < 4.78 is 22.0. The van der Waals surface area contributed by atoms with Crippen molar-refractivity contribution in [2.24, 2.45) is 5.10 Å². The molecule has 0 atom stereocenters. The summed E-state index contributed by atoms with van der Waals surface area (Å²) in [4.78, 5) is 24.5. The quantitative estimate of drug-likeness (QED) is 0.251. The third kappa shape index (κ3) is 6.99. The number of aryl methyl sites for hydroxylation is 1. The Balaban J connectivity index is 1.62. The number of hydrogen-bond acceptors (Lipinski definition) is 7. The van der Waals surface area contributed by atoms with E-state index < -0.39 is 11.8 Å². The highest BCUT2D eigenvalue weighted by atomic mass is 16.5. The Kier molecular flexibility index (Phi) is 9.27. The van der Waals surface area contributed by atoms with Crippen molar-refractivity contribution in [2.45, 2.75) is 20.5 Å². The summed E-state index contributed by atoms with van der Waals surface area (Å²) in [5.41, 5.74) is 5.38. The van der Waals surface area contributed by atoms with E-state index >= 15 is 0 Å². The SMILES string of the molecule is CCOc1cc(/C=N/NC(=O)C(=O)Nc2cc(OC)ccc2OC)ccc1OCc1ccccc1C. The van der Waals surface area contributed by atoms with Gasteiger partial charge < -0.3 is 24.3 Å². The van der Waals surface area contributed by atoms with E-state index in [2.05, 4.69) is 15.8 Å². The van der Waals surface area contributed by atoms with E-state index in [0.29, 0.717) is 47.5 Å². The Labute approximate surface area is 210 Å². The minimum atomic E-state index is -0.945. The lowest BCUT2D eigenvalue weighted by Gasteiger charge is -2.13. The molecule has 0 aromatic heterocycles. The predicted molar refractivity (Wildman–Crippen MR) is 137 cm³/mol. The molecule has 0 spiro atoms. The summed E-state index contributed by atoms with van der Waals surface area (Å²) in [6.07, 6.45) is 1.41. The topological polar surface area (TPSA) is 107 Å². The van der Waals surface area contributed by atoms with Crippen LogP contribution in [0.2, 0.25) is 0 Å². The van der Waals surface area contributed by atoms with Crippen LogP contribution in [0.4, 0.5) is 5.69 Å². The monoisotopic (exact) mass is 491 g/mol. The van der Waals surface area contributed by atoms with Crippen molar-refractivity contribution in [1.29, 1.82) is 0 Å². The number of nitrogens with one attached hydrogen (secondary N) is 2. The zero-order chi connectivity index (χ0) is 25.9. The number of methoxy groups -OCH3 is 2. The maximum absolute atomic E-state index is 12.3. The number of rotatable bonds is 10. The molecular weight excluding hydrogens is 462 g/mol. The molecule has 0 aliphatic carbocycles. The van der Waals surface area contributed by atoms with Crippen molar-refractivity contribution < 1.29 is 28.5 Å². The summed E-state index contributed by atoms with van der Waals surface area (Å²) >= 11 is 0. The molecule has 36 heavy (non-hydrogen) atoms. The van der Waals surface area contributed by atoms with Gasteiger partial charge in [-0.2, -0.15) is 5.10 Å². The molecule has 0 bridgehead atoms. The van der Waals surface area contributed by atoms with Gasteiger partial charge in [-0.15, -0.1) is 0 Å². The molecule has 0 radical (unpaired) electrons. The molecule has 3 rings (SSSR count). The number of benzene rings is 3. The molecule has 9 nitrogen and oxygen atoms in total. The molecule has 0 heterocycles. The molecule has 0 aliphatic rings. The second-order valence-corrected chi connectivity index (χ2v) is 7.57. The fourth-order valence-corrected chi connectivity index (χ4v) is 3.23. The smallest absolute Gasteiger partial charge is 0.329 e. The van der Waals surface area contributed by atoms with Crippen LogP contribution in [0.25, 0.3) is 0 Å². The number of amides is 2. The molecule has 2 amide bonds. The van der Waals surface area contributed by atoms with Crippen LogP contribution < -0.4 is 29.7 Å².